The van der Waals surface area contributed by atoms with Gasteiger partial charge in [0.1, 0.15) is 23.3 Å². The van der Waals surface area contributed by atoms with Gasteiger partial charge in [0.25, 0.3) is 0 Å². The second-order valence-corrected chi connectivity index (χ2v) is 7.20. The van der Waals surface area contributed by atoms with Crippen molar-refractivity contribution in [3.63, 3.8) is 0 Å². The standard InChI is InChI=1S/C18H22F2N6O/c1-24-4-3-16-22-23-17(26(16)7-6-24)12-2-5-25(11-12)18(27)21-15-9-13(19)8-14(20)10-15/h8-10,12H,2-7,11H2,1H3,(H,21,27). The summed E-state index contributed by atoms with van der Waals surface area (Å²) in [6, 6.07) is 2.61. The molecule has 0 aliphatic carbocycles. The summed E-state index contributed by atoms with van der Waals surface area (Å²) >= 11 is 0. The van der Waals surface area contributed by atoms with Crippen LogP contribution in [-0.2, 0) is 13.0 Å². The summed E-state index contributed by atoms with van der Waals surface area (Å²) in [4.78, 5) is 16.4. The third kappa shape index (κ3) is 3.78. The van der Waals surface area contributed by atoms with Crippen LogP contribution in [0.2, 0.25) is 0 Å². The van der Waals surface area contributed by atoms with E-state index in [9.17, 15) is 13.6 Å². The van der Waals surface area contributed by atoms with Gasteiger partial charge in [-0.3, -0.25) is 0 Å². The van der Waals surface area contributed by atoms with Crippen LogP contribution in [0.3, 0.4) is 0 Å². The molecular weight excluding hydrogens is 354 g/mol. The number of fused-ring (bicyclic) bond motifs is 1. The van der Waals surface area contributed by atoms with Crippen LogP contribution in [0.1, 0.15) is 24.0 Å². The number of rotatable bonds is 2. The molecule has 144 valence electrons. The second kappa shape index (κ2) is 7.22. The van der Waals surface area contributed by atoms with Crippen molar-refractivity contribution in [1.82, 2.24) is 24.6 Å². The predicted molar refractivity (Wildman–Crippen MR) is 95.5 cm³/mol. The molecule has 1 atom stereocenters. The van der Waals surface area contributed by atoms with E-state index in [1.807, 2.05) is 0 Å². The molecule has 9 heteroatoms. The lowest BCUT2D eigenvalue weighted by molar-refractivity contribution is 0.222. The number of anilines is 1. The molecule has 2 aliphatic rings. The van der Waals surface area contributed by atoms with Crippen molar-refractivity contribution in [2.45, 2.75) is 25.3 Å². The maximum absolute atomic E-state index is 13.3. The van der Waals surface area contributed by atoms with E-state index in [1.165, 1.54) is 0 Å². The van der Waals surface area contributed by atoms with E-state index in [4.69, 9.17) is 0 Å². The Kier molecular flexibility index (Phi) is 4.77. The molecule has 0 saturated carbocycles. The topological polar surface area (TPSA) is 66.3 Å². The fourth-order valence-electron chi connectivity index (χ4n) is 3.74. The van der Waals surface area contributed by atoms with E-state index in [2.05, 4.69) is 32.0 Å². The number of hydrogen-bond acceptors (Lipinski definition) is 4. The van der Waals surface area contributed by atoms with Gasteiger partial charge in [0.15, 0.2) is 0 Å². The first-order valence-corrected chi connectivity index (χ1v) is 9.12. The Labute approximate surface area is 156 Å². The van der Waals surface area contributed by atoms with Crippen molar-refractivity contribution in [2.75, 3.05) is 38.5 Å². The Balaban J connectivity index is 1.43. The van der Waals surface area contributed by atoms with Gasteiger partial charge >= 0.3 is 6.03 Å². The van der Waals surface area contributed by atoms with Gasteiger partial charge in [-0.05, 0) is 25.6 Å². The van der Waals surface area contributed by atoms with Gasteiger partial charge in [0.05, 0.1) is 0 Å². The maximum atomic E-state index is 13.3. The van der Waals surface area contributed by atoms with Crippen LogP contribution in [-0.4, -0.2) is 63.8 Å². The van der Waals surface area contributed by atoms with Gasteiger partial charge in [-0.2, -0.15) is 0 Å². The number of carbonyl (C=O) groups is 1. The number of nitrogens with zero attached hydrogens (tertiary/aromatic N) is 5. The summed E-state index contributed by atoms with van der Waals surface area (Å²) in [6.45, 7) is 3.83. The number of carbonyl (C=O) groups excluding carboxylic acids is 1. The molecule has 1 aromatic carbocycles. The normalized spacial score (nSPS) is 20.4. The lowest BCUT2D eigenvalue weighted by atomic mass is 10.1. The van der Waals surface area contributed by atoms with Gasteiger partial charge in [0, 0.05) is 56.8 Å². The van der Waals surface area contributed by atoms with Crippen LogP contribution in [0.5, 0.6) is 0 Å². The molecular formula is C18H22F2N6O. The Hall–Kier alpha value is -2.55. The molecule has 2 amide bonds. The van der Waals surface area contributed by atoms with Crippen molar-refractivity contribution in [2.24, 2.45) is 0 Å². The molecule has 0 bridgehead atoms. The Morgan fingerprint density at radius 2 is 1.89 bits per heavy atom. The summed E-state index contributed by atoms with van der Waals surface area (Å²) < 4.78 is 28.8. The largest absolute Gasteiger partial charge is 0.324 e. The monoisotopic (exact) mass is 376 g/mol. The number of nitrogens with one attached hydrogen (secondary N) is 1. The van der Waals surface area contributed by atoms with E-state index in [0.717, 1.165) is 62.3 Å². The molecule has 3 heterocycles. The quantitative estimate of drug-likeness (QED) is 0.871. The molecule has 2 aromatic rings. The Morgan fingerprint density at radius 1 is 1.11 bits per heavy atom. The molecule has 0 radical (unpaired) electrons. The van der Waals surface area contributed by atoms with Crippen molar-refractivity contribution in [3.05, 3.63) is 41.5 Å². The first-order valence-electron chi connectivity index (χ1n) is 9.12. The van der Waals surface area contributed by atoms with Crippen LogP contribution in [0.15, 0.2) is 18.2 Å². The van der Waals surface area contributed by atoms with Crippen molar-refractivity contribution < 1.29 is 13.6 Å². The Morgan fingerprint density at radius 3 is 2.67 bits per heavy atom. The zero-order chi connectivity index (χ0) is 19.0. The third-order valence-corrected chi connectivity index (χ3v) is 5.23. The minimum atomic E-state index is -0.722. The summed E-state index contributed by atoms with van der Waals surface area (Å²) in [5.74, 6) is 0.589. The highest BCUT2D eigenvalue weighted by Crippen LogP contribution is 2.28. The minimum absolute atomic E-state index is 0.111. The van der Waals surface area contributed by atoms with E-state index < -0.39 is 11.6 Å². The molecule has 7 nitrogen and oxygen atoms in total. The third-order valence-electron chi connectivity index (χ3n) is 5.23. The van der Waals surface area contributed by atoms with Gasteiger partial charge < -0.3 is 19.7 Å². The zero-order valence-electron chi connectivity index (χ0n) is 15.2. The minimum Gasteiger partial charge on any atom is -0.324 e. The highest BCUT2D eigenvalue weighted by molar-refractivity contribution is 5.89. The second-order valence-electron chi connectivity index (χ2n) is 7.20. The number of likely N-dealkylation sites (N-methyl/N-ethyl adjacent to an activating group) is 1. The molecule has 27 heavy (non-hydrogen) atoms. The molecule has 1 saturated heterocycles. The SMILES string of the molecule is CN1CCc2nnc(C3CCN(C(=O)Nc4cc(F)cc(F)c4)C3)n2CC1. The summed E-state index contributed by atoms with van der Waals surface area (Å²) in [5.41, 5.74) is 0.111. The number of hydrogen-bond donors (Lipinski definition) is 1. The van der Waals surface area contributed by atoms with Crippen LogP contribution < -0.4 is 5.32 Å². The van der Waals surface area contributed by atoms with Gasteiger partial charge in [-0.25, -0.2) is 13.6 Å². The molecule has 1 fully saturated rings. The van der Waals surface area contributed by atoms with E-state index in [0.29, 0.717) is 13.1 Å². The maximum Gasteiger partial charge on any atom is 0.321 e. The van der Waals surface area contributed by atoms with E-state index in [1.54, 1.807) is 4.90 Å². The van der Waals surface area contributed by atoms with Gasteiger partial charge in [-0.15, -0.1) is 10.2 Å². The Bertz CT molecular complexity index is 834. The summed E-state index contributed by atoms with van der Waals surface area (Å²) in [5, 5.41) is 11.3. The van der Waals surface area contributed by atoms with Crippen molar-refractivity contribution in [1.29, 1.82) is 0 Å². The number of urea groups is 1. The lowest BCUT2D eigenvalue weighted by Gasteiger charge is -2.18. The van der Waals surface area contributed by atoms with E-state index in [-0.39, 0.29) is 17.6 Å². The lowest BCUT2D eigenvalue weighted by Crippen LogP contribution is -2.33. The van der Waals surface area contributed by atoms with Crippen molar-refractivity contribution >= 4 is 11.7 Å². The fraction of sp³-hybridized carbons (Fsp3) is 0.500. The smallest absolute Gasteiger partial charge is 0.321 e. The molecule has 1 aromatic heterocycles. The molecule has 4 rings (SSSR count). The number of likely N-dealkylation sites (tertiary alicyclic amines) is 1. The number of aromatic nitrogens is 3. The number of halogens is 2. The van der Waals surface area contributed by atoms with Crippen molar-refractivity contribution in [3.8, 4) is 0 Å². The molecule has 1 unspecified atom stereocenters. The zero-order valence-corrected chi connectivity index (χ0v) is 15.2. The van der Waals surface area contributed by atoms with Gasteiger partial charge in [-0.1, -0.05) is 0 Å². The number of benzene rings is 1. The number of amides is 2. The van der Waals surface area contributed by atoms with Crippen LogP contribution >= 0.6 is 0 Å². The molecule has 2 aliphatic heterocycles. The average molecular weight is 376 g/mol. The highest BCUT2D eigenvalue weighted by Gasteiger charge is 2.32. The van der Waals surface area contributed by atoms with Gasteiger partial charge in [0.2, 0.25) is 0 Å². The summed E-state index contributed by atoms with van der Waals surface area (Å²) in [6.07, 6.45) is 1.66. The van der Waals surface area contributed by atoms with Crippen LogP contribution in [0.25, 0.3) is 0 Å². The first kappa shape index (κ1) is 17.8. The highest BCUT2D eigenvalue weighted by atomic mass is 19.1. The van der Waals surface area contributed by atoms with E-state index >= 15 is 0 Å². The van der Waals surface area contributed by atoms with Crippen LogP contribution in [0, 0.1) is 11.6 Å². The molecule has 1 N–H and O–H groups in total. The average Bonchev–Trinajstić information content (AvgIpc) is 3.20. The predicted octanol–water partition coefficient (Wildman–Crippen LogP) is 2.07. The molecule has 0 spiro atoms. The summed E-state index contributed by atoms with van der Waals surface area (Å²) in [7, 11) is 2.09. The fourth-order valence-corrected chi connectivity index (χ4v) is 3.74. The van der Waals surface area contributed by atoms with Crippen LogP contribution in [0.4, 0.5) is 19.3 Å². The first-order chi connectivity index (χ1) is 13.0.